The van der Waals surface area contributed by atoms with E-state index in [2.05, 4.69) is 18.8 Å². The summed E-state index contributed by atoms with van der Waals surface area (Å²) in [5.41, 5.74) is 0.380. The number of hydrogen-bond acceptors (Lipinski definition) is 2. The maximum absolute atomic E-state index is 12.6. The van der Waals surface area contributed by atoms with E-state index in [1.54, 1.807) is 12.3 Å². The van der Waals surface area contributed by atoms with Gasteiger partial charge in [-0.1, -0.05) is 33.1 Å². The smallest absolute Gasteiger partial charge is 0.248 e. The lowest BCUT2D eigenvalue weighted by atomic mass is 9.69. The normalized spacial score (nSPS) is 24.9. The average molecular weight is 261 g/mol. The zero-order valence-corrected chi connectivity index (χ0v) is 11.8. The SMILES string of the molecule is CCC(C)C1CCCCC1C(=O)c1cc[nH]c(=O)c1. The van der Waals surface area contributed by atoms with Crippen molar-refractivity contribution >= 4 is 5.78 Å². The first-order valence-corrected chi connectivity index (χ1v) is 7.36. The van der Waals surface area contributed by atoms with Crippen LogP contribution in [0.25, 0.3) is 0 Å². The minimum absolute atomic E-state index is 0.102. The van der Waals surface area contributed by atoms with E-state index in [-0.39, 0.29) is 17.3 Å². The minimum Gasteiger partial charge on any atom is -0.329 e. The number of ketones is 1. The van der Waals surface area contributed by atoms with Gasteiger partial charge in [-0.15, -0.1) is 0 Å². The standard InChI is InChI=1S/C16H23NO2/c1-3-11(2)13-6-4-5-7-14(13)16(19)12-8-9-17-15(18)10-12/h8-11,13-14H,3-7H2,1-2H3,(H,17,18). The van der Waals surface area contributed by atoms with Crippen LogP contribution in [0.3, 0.4) is 0 Å². The molecule has 1 heterocycles. The van der Waals surface area contributed by atoms with Gasteiger partial charge >= 0.3 is 0 Å². The van der Waals surface area contributed by atoms with E-state index in [1.807, 2.05) is 0 Å². The second-order valence-corrected chi connectivity index (χ2v) is 5.75. The Morgan fingerprint density at radius 3 is 2.84 bits per heavy atom. The van der Waals surface area contributed by atoms with Crippen LogP contribution in [0.5, 0.6) is 0 Å². The van der Waals surface area contributed by atoms with Gasteiger partial charge in [-0.05, 0) is 30.7 Å². The number of rotatable bonds is 4. The van der Waals surface area contributed by atoms with Crippen molar-refractivity contribution in [2.45, 2.75) is 46.0 Å². The minimum atomic E-state index is -0.193. The predicted octanol–water partition coefficient (Wildman–Crippen LogP) is 3.41. The Bertz CT molecular complexity index is 492. The van der Waals surface area contributed by atoms with Crippen LogP contribution in [0.15, 0.2) is 23.1 Å². The van der Waals surface area contributed by atoms with Gasteiger partial charge in [0, 0.05) is 23.7 Å². The fourth-order valence-corrected chi connectivity index (χ4v) is 3.28. The molecule has 1 N–H and O–H groups in total. The highest BCUT2D eigenvalue weighted by molar-refractivity contribution is 5.97. The van der Waals surface area contributed by atoms with Gasteiger partial charge in [0.15, 0.2) is 5.78 Å². The summed E-state index contributed by atoms with van der Waals surface area (Å²) in [5.74, 6) is 1.32. The first-order valence-electron chi connectivity index (χ1n) is 7.36. The van der Waals surface area contributed by atoms with Gasteiger partial charge in [0.05, 0.1) is 0 Å². The Labute approximate surface area is 114 Å². The molecule has 104 valence electrons. The third-order valence-electron chi connectivity index (χ3n) is 4.59. The summed E-state index contributed by atoms with van der Waals surface area (Å²) in [7, 11) is 0. The highest BCUT2D eigenvalue weighted by Gasteiger charge is 2.34. The van der Waals surface area contributed by atoms with E-state index >= 15 is 0 Å². The molecule has 1 fully saturated rings. The Kier molecular flexibility index (Phi) is 4.56. The largest absolute Gasteiger partial charge is 0.329 e. The Morgan fingerprint density at radius 1 is 1.42 bits per heavy atom. The molecule has 0 radical (unpaired) electrons. The highest BCUT2D eigenvalue weighted by atomic mass is 16.1. The molecular formula is C16H23NO2. The third kappa shape index (κ3) is 3.14. The third-order valence-corrected chi connectivity index (χ3v) is 4.59. The number of hydrogen-bond donors (Lipinski definition) is 1. The number of pyridine rings is 1. The topological polar surface area (TPSA) is 49.9 Å². The lowest BCUT2D eigenvalue weighted by molar-refractivity contribution is 0.0762. The highest BCUT2D eigenvalue weighted by Crippen LogP contribution is 2.38. The number of H-pyrrole nitrogens is 1. The molecule has 1 aromatic rings. The molecule has 0 spiro atoms. The first-order chi connectivity index (χ1) is 9.13. The van der Waals surface area contributed by atoms with Crippen LogP contribution >= 0.6 is 0 Å². The molecule has 0 bridgehead atoms. The Balaban J connectivity index is 2.22. The van der Waals surface area contributed by atoms with Gasteiger partial charge in [0.1, 0.15) is 0 Å². The zero-order valence-electron chi connectivity index (χ0n) is 11.8. The van der Waals surface area contributed by atoms with Crippen LogP contribution in [-0.4, -0.2) is 10.8 Å². The molecule has 0 amide bonds. The van der Waals surface area contributed by atoms with Gasteiger partial charge < -0.3 is 4.98 Å². The van der Waals surface area contributed by atoms with Crippen LogP contribution in [-0.2, 0) is 0 Å². The molecule has 1 aromatic heterocycles. The van der Waals surface area contributed by atoms with Crippen LogP contribution in [0.4, 0.5) is 0 Å². The second-order valence-electron chi connectivity index (χ2n) is 5.75. The van der Waals surface area contributed by atoms with Crippen LogP contribution in [0, 0.1) is 17.8 Å². The maximum Gasteiger partial charge on any atom is 0.248 e. The molecule has 0 aliphatic heterocycles. The maximum atomic E-state index is 12.6. The van der Waals surface area contributed by atoms with Gasteiger partial charge in [-0.2, -0.15) is 0 Å². The number of carbonyl (C=O) groups is 1. The van der Waals surface area contributed by atoms with Crippen molar-refractivity contribution < 1.29 is 4.79 Å². The number of aromatic nitrogens is 1. The van der Waals surface area contributed by atoms with Gasteiger partial charge in [0.2, 0.25) is 5.56 Å². The van der Waals surface area contributed by atoms with E-state index < -0.39 is 0 Å². The number of Topliss-reactive ketones (excluding diaryl/α,β-unsaturated/α-hetero) is 1. The summed E-state index contributed by atoms with van der Waals surface area (Å²) in [6.45, 7) is 4.43. The summed E-state index contributed by atoms with van der Waals surface area (Å²) in [6, 6.07) is 3.16. The molecule has 3 heteroatoms. The van der Waals surface area contributed by atoms with Gasteiger partial charge in [-0.3, -0.25) is 9.59 Å². The van der Waals surface area contributed by atoms with Crippen molar-refractivity contribution in [3.8, 4) is 0 Å². The molecule has 2 rings (SSSR count). The van der Waals surface area contributed by atoms with Gasteiger partial charge in [-0.25, -0.2) is 0 Å². The monoisotopic (exact) mass is 261 g/mol. The molecule has 1 aliphatic rings. The first kappa shape index (κ1) is 14.0. The molecule has 3 nitrogen and oxygen atoms in total. The van der Waals surface area contributed by atoms with Crippen LogP contribution in [0.1, 0.15) is 56.3 Å². The summed E-state index contributed by atoms with van der Waals surface area (Å²) >= 11 is 0. The number of nitrogens with one attached hydrogen (secondary N) is 1. The molecule has 0 aromatic carbocycles. The number of aromatic amines is 1. The van der Waals surface area contributed by atoms with Crippen molar-refractivity contribution in [2.75, 3.05) is 0 Å². The molecule has 3 unspecified atom stereocenters. The Morgan fingerprint density at radius 2 is 2.16 bits per heavy atom. The summed E-state index contributed by atoms with van der Waals surface area (Å²) in [4.78, 5) is 26.5. The molecular weight excluding hydrogens is 238 g/mol. The Hall–Kier alpha value is -1.38. The summed E-state index contributed by atoms with van der Waals surface area (Å²) in [5, 5.41) is 0. The molecule has 3 atom stereocenters. The van der Waals surface area contributed by atoms with Crippen LogP contribution < -0.4 is 5.56 Å². The second kappa shape index (κ2) is 6.18. The fraction of sp³-hybridized carbons (Fsp3) is 0.625. The molecule has 1 aliphatic carbocycles. The summed E-state index contributed by atoms with van der Waals surface area (Å²) < 4.78 is 0. The fourth-order valence-electron chi connectivity index (χ4n) is 3.28. The lowest BCUT2D eigenvalue weighted by Gasteiger charge is -2.34. The zero-order chi connectivity index (χ0) is 13.8. The van der Waals surface area contributed by atoms with E-state index in [0.717, 1.165) is 25.7 Å². The van der Waals surface area contributed by atoms with Crippen LogP contribution in [0.2, 0.25) is 0 Å². The van der Waals surface area contributed by atoms with Crippen molar-refractivity contribution in [3.63, 3.8) is 0 Å². The van der Waals surface area contributed by atoms with E-state index in [1.165, 1.54) is 12.5 Å². The van der Waals surface area contributed by atoms with E-state index in [0.29, 0.717) is 17.4 Å². The van der Waals surface area contributed by atoms with Crippen molar-refractivity contribution in [3.05, 3.63) is 34.2 Å². The van der Waals surface area contributed by atoms with E-state index in [9.17, 15) is 9.59 Å². The molecule has 0 saturated heterocycles. The predicted molar refractivity (Wildman–Crippen MR) is 76.3 cm³/mol. The van der Waals surface area contributed by atoms with E-state index in [4.69, 9.17) is 0 Å². The quantitative estimate of drug-likeness (QED) is 0.844. The molecule has 1 saturated carbocycles. The molecule has 19 heavy (non-hydrogen) atoms. The summed E-state index contributed by atoms with van der Waals surface area (Å²) in [6.07, 6.45) is 7.16. The van der Waals surface area contributed by atoms with Gasteiger partial charge in [0.25, 0.3) is 0 Å². The van der Waals surface area contributed by atoms with Crippen molar-refractivity contribution in [1.82, 2.24) is 4.98 Å². The van der Waals surface area contributed by atoms with Crippen molar-refractivity contribution in [2.24, 2.45) is 17.8 Å². The lowest BCUT2D eigenvalue weighted by Crippen LogP contribution is -2.31. The number of carbonyl (C=O) groups excluding carboxylic acids is 1. The average Bonchev–Trinajstić information content (AvgIpc) is 2.45. The van der Waals surface area contributed by atoms with Crippen molar-refractivity contribution in [1.29, 1.82) is 0 Å².